The molecule has 26 heavy (non-hydrogen) atoms. The van der Waals surface area contributed by atoms with E-state index in [4.69, 9.17) is 4.74 Å². The lowest BCUT2D eigenvalue weighted by atomic mass is 9.72. The Balaban J connectivity index is 1.55. The molecule has 0 aliphatic carbocycles. The summed E-state index contributed by atoms with van der Waals surface area (Å²) in [6.45, 7) is 3.13. The quantitative estimate of drug-likeness (QED) is 0.895. The van der Waals surface area contributed by atoms with Gasteiger partial charge in [0.2, 0.25) is 5.91 Å². The second-order valence-corrected chi connectivity index (χ2v) is 7.21. The molecule has 0 atom stereocenters. The Bertz CT molecular complexity index is 659. The lowest BCUT2D eigenvalue weighted by Crippen LogP contribution is -2.53. The molecule has 1 aromatic carbocycles. The van der Waals surface area contributed by atoms with E-state index in [2.05, 4.69) is 5.32 Å². The summed E-state index contributed by atoms with van der Waals surface area (Å²) in [6, 6.07) is 5.90. The minimum absolute atomic E-state index is 0.0798. The second-order valence-electron chi connectivity index (χ2n) is 7.21. The third-order valence-electron chi connectivity index (χ3n) is 5.54. The zero-order chi connectivity index (χ0) is 18.6. The SMILES string of the molecule is COCCN1CC2(CCC1=O)CCN(C(=O)Nc1ccccc1F)CC2. The van der Waals surface area contributed by atoms with Gasteiger partial charge in [0.05, 0.1) is 12.3 Å². The number of piperidine rings is 2. The van der Waals surface area contributed by atoms with E-state index in [1.165, 1.54) is 6.07 Å². The van der Waals surface area contributed by atoms with Gasteiger partial charge >= 0.3 is 6.03 Å². The number of anilines is 1. The fraction of sp³-hybridized carbons (Fsp3) is 0.579. The van der Waals surface area contributed by atoms with Gasteiger partial charge in [0.15, 0.2) is 0 Å². The number of likely N-dealkylation sites (tertiary alicyclic amines) is 2. The number of halogens is 1. The van der Waals surface area contributed by atoms with Crippen LogP contribution >= 0.6 is 0 Å². The maximum atomic E-state index is 13.7. The fourth-order valence-corrected chi connectivity index (χ4v) is 3.86. The molecule has 3 amide bonds. The predicted molar refractivity (Wildman–Crippen MR) is 96.3 cm³/mol. The van der Waals surface area contributed by atoms with E-state index in [1.54, 1.807) is 30.2 Å². The van der Waals surface area contributed by atoms with Crippen LogP contribution in [-0.4, -0.2) is 61.6 Å². The van der Waals surface area contributed by atoms with Crippen LogP contribution in [0, 0.1) is 11.2 Å². The van der Waals surface area contributed by atoms with Crippen LogP contribution in [0.4, 0.5) is 14.9 Å². The van der Waals surface area contributed by atoms with Crippen LogP contribution in [0.3, 0.4) is 0 Å². The van der Waals surface area contributed by atoms with Crippen molar-refractivity contribution in [3.63, 3.8) is 0 Å². The predicted octanol–water partition coefficient (Wildman–Crippen LogP) is 2.71. The maximum Gasteiger partial charge on any atom is 0.321 e. The monoisotopic (exact) mass is 363 g/mol. The Morgan fingerprint density at radius 2 is 2.00 bits per heavy atom. The fourth-order valence-electron chi connectivity index (χ4n) is 3.86. The average Bonchev–Trinajstić information content (AvgIpc) is 2.65. The first-order chi connectivity index (χ1) is 12.5. The molecule has 0 saturated carbocycles. The van der Waals surface area contributed by atoms with Gasteiger partial charge in [0, 0.05) is 39.7 Å². The highest BCUT2D eigenvalue weighted by atomic mass is 19.1. The molecule has 0 bridgehead atoms. The number of hydrogen-bond donors (Lipinski definition) is 1. The number of carbonyl (C=O) groups excluding carboxylic acids is 2. The number of hydrogen-bond acceptors (Lipinski definition) is 3. The zero-order valence-electron chi connectivity index (χ0n) is 15.2. The van der Waals surface area contributed by atoms with E-state index in [0.29, 0.717) is 32.7 Å². The molecule has 1 N–H and O–H groups in total. The Hall–Kier alpha value is -2.15. The normalized spacial score (nSPS) is 19.7. The van der Waals surface area contributed by atoms with Crippen molar-refractivity contribution in [2.24, 2.45) is 5.41 Å². The Morgan fingerprint density at radius 3 is 2.69 bits per heavy atom. The van der Waals surface area contributed by atoms with Gasteiger partial charge in [-0.1, -0.05) is 12.1 Å². The largest absolute Gasteiger partial charge is 0.383 e. The molecule has 1 spiro atoms. The summed E-state index contributed by atoms with van der Waals surface area (Å²) >= 11 is 0. The standard InChI is InChI=1S/C19H26FN3O3/c1-26-13-12-23-14-19(7-6-17(23)24)8-10-22(11-9-19)18(25)21-16-5-3-2-4-15(16)20/h2-5H,6-14H2,1H3,(H,21,25). The summed E-state index contributed by atoms with van der Waals surface area (Å²) in [7, 11) is 1.64. The zero-order valence-corrected chi connectivity index (χ0v) is 15.2. The number of benzene rings is 1. The van der Waals surface area contributed by atoms with Crippen LogP contribution in [0.5, 0.6) is 0 Å². The maximum absolute atomic E-state index is 13.7. The molecule has 2 aliphatic rings. The van der Waals surface area contributed by atoms with Crippen molar-refractivity contribution in [2.75, 3.05) is 45.2 Å². The lowest BCUT2D eigenvalue weighted by Gasteiger charge is -2.47. The Labute approximate surface area is 153 Å². The molecule has 0 radical (unpaired) electrons. The number of carbonyl (C=O) groups is 2. The number of rotatable bonds is 4. The van der Waals surface area contributed by atoms with Crippen LogP contribution < -0.4 is 5.32 Å². The molecular formula is C19H26FN3O3. The van der Waals surface area contributed by atoms with Gasteiger partial charge < -0.3 is 19.9 Å². The van der Waals surface area contributed by atoms with E-state index in [-0.39, 0.29) is 23.0 Å². The highest BCUT2D eigenvalue weighted by Crippen LogP contribution is 2.40. The van der Waals surface area contributed by atoms with Gasteiger partial charge in [0.1, 0.15) is 5.82 Å². The number of amides is 3. The van der Waals surface area contributed by atoms with Gasteiger partial charge in [0.25, 0.3) is 0 Å². The van der Waals surface area contributed by atoms with Crippen molar-refractivity contribution in [1.29, 1.82) is 0 Å². The smallest absolute Gasteiger partial charge is 0.321 e. The number of ether oxygens (including phenoxy) is 1. The average molecular weight is 363 g/mol. The van der Waals surface area contributed by atoms with E-state index >= 15 is 0 Å². The molecule has 6 nitrogen and oxygen atoms in total. The van der Waals surface area contributed by atoms with E-state index in [9.17, 15) is 14.0 Å². The van der Waals surface area contributed by atoms with Crippen LogP contribution in [-0.2, 0) is 9.53 Å². The highest BCUT2D eigenvalue weighted by Gasteiger charge is 2.41. The van der Waals surface area contributed by atoms with Crippen molar-refractivity contribution in [1.82, 2.24) is 9.80 Å². The van der Waals surface area contributed by atoms with Gasteiger partial charge in [-0.3, -0.25) is 4.79 Å². The van der Waals surface area contributed by atoms with Crippen LogP contribution in [0.25, 0.3) is 0 Å². The molecule has 7 heteroatoms. The van der Waals surface area contributed by atoms with Crippen molar-refractivity contribution >= 4 is 17.6 Å². The summed E-state index contributed by atoms with van der Waals surface area (Å²) in [4.78, 5) is 28.1. The van der Waals surface area contributed by atoms with E-state index in [0.717, 1.165) is 25.8 Å². The van der Waals surface area contributed by atoms with Crippen LogP contribution in [0.15, 0.2) is 24.3 Å². The van der Waals surface area contributed by atoms with Crippen LogP contribution in [0.2, 0.25) is 0 Å². The summed E-state index contributed by atoms with van der Waals surface area (Å²) in [5, 5.41) is 2.65. The van der Waals surface area contributed by atoms with E-state index < -0.39 is 5.82 Å². The van der Waals surface area contributed by atoms with Gasteiger partial charge in [-0.2, -0.15) is 0 Å². The Kier molecular flexibility index (Phi) is 5.76. The minimum atomic E-state index is -0.436. The molecule has 2 heterocycles. The first-order valence-electron chi connectivity index (χ1n) is 9.10. The molecule has 142 valence electrons. The first-order valence-corrected chi connectivity index (χ1v) is 9.10. The number of nitrogens with zero attached hydrogens (tertiary/aromatic N) is 2. The molecule has 1 aromatic rings. The highest BCUT2D eigenvalue weighted by molar-refractivity contribution is 5.89. The molecule has 2 fully saturated rings. The van der Waals surface area contributed by atoms with E-state index in [1.807, 2.05) is 4.90 Å². The number of urea groups is 1. The number of para-hydroxylation sites is 1. The van der Waals surface area contributed by atoms with Gasteiger partial charge in [-0.15, -0.1) is 0 Å². The summed E-state index contributed by atoms with van der Waals surface area (Å²) in [5.41, 5.74) is 0.281. The topological polar surface area (TPSA) is 61.9 Å². The molecule has 3 rings (SSSR count). The minimum Gasteiger partial charge on any atom is -0.383 e. The molecule has 0 unspecified atom stereocenters. The summed E-state index contributed by atoms with van der Waals surface area (Å²) in [6.07, 6.45) is 3.14. The first kappa shape index (κ1) is 18.6. The molecular weight excluding hydrogens is 337 g/mol. The second kappa shape index (κ2) is 8.03. The third kappa shape index (κ3) is 4.15. The van der Waals surface area contributed by atoms with Crippen molar-refractivity contribution in [3.8, 4) is 0 Å². The van der Waals surface area contributed by atoms with Crippen molar-refractivity contribution in [3.05, 3.63) is 30.1 Å². The van der Waals surface area contributed by atoms with Gasteiger partial charge in [-0.05, 0) is 36.8 Å². The van der Waals surface area contributed by atoms with Crippen molar-refractivity contribution < 1.29 is 18.7 Å². The molecule has 2 saturated heterocycles. The number of nitrogens with one attached hydrogen (secondary N) is 1. The number of methoxy groups -OCH3 is 1. The van der Waals surface area contributed by atoms with Crippen LogP contribution in [0.1, 0.15) is 25.7 Å². The summed E-state index contributed by atoms with van der Waals surface area (Å²) in [5.74, 6) is -0.249. The lowest BCUT2D eigenvalue weighted by molar-refractivity contribution is -0.139. The summed E-state index contributed by atoms with van der Waals surface area (Å²) < 4.78 is 18.8. The Morgan fingerprint density at radius 1 is 1.27 bits per heavy atom. The molecule has 2 aliphatic heterocycles. The molecule has 0 aromatic heterocycles. The third-order valence-corrected chi connectivity index (χ3v) is 5.54. The van der Waals surface area contributed by atoms with Gasteiger partial charge in [-0.25, -0.2) is 9.18 Å². The van der Waals surface area contributed by atoms with Crippen molar-refractivity contribution in [2.45, 2.75) is 25.7 Å².